The van der Waals surface area contributed by atoms with Crippen molar-refractivity contribution in [2.75, 3.05) is 13.2 Å². The van der Waals surface area contributed by atoms with E-state index in [1.807, 2.05) is 0 Å². The minimum Gasteiger partial charge on any atom is -0.440 e. The van der Waals surface area contributed by atoms with Crippen LogP contribution < -0.4 is 5.32 Å². The van der Waals surface area contributed by atoms with Crippen molar-refractivity contribution in [2.24, 2.45) is 5.92 Å². The molecular formula is C7H10F3NO2. The van der Waals surface area contributed by atoms with Crippen LogP contribution in [-0.4, -0.2) is 25.4 Å². The fourth-order valence-electron chi connectivity index (χ4n) is 0.748. The molecular weight excluding hydrogens is 187 g/mol. The molecule has 1 rings (SSSR count). The average molecular weight is 197 g/mol. The van der Waals surface area contributed by atoms with Crippen LogP contribution in [0.4, 0.5) is 18.0 Å². The largest absolute Gasteiger partial charge is 0.440 e. The second-order valence-electron chi connectivity index (χ2n) is 3.02. The number of nitrogens with one attached hydrogen (secondary N) is 1. The molecule has 0 aliphatic heterocycles. The van der Waals surface area contributed by atoms with E-state index in [4.69, 9.17) is 0 Å². The Morgan fingerprint density at radius 2 is 2.08 bits per heavy atom. The van der Waals surface area contributed by atoms with Gasteiger partial charge in [-0.25, -0.2) is 4.79 Å². The standard InChI is InChI=1S/C7H10F3NO2/c8-7(9,10)4-13-6(12)11-3-5-1-2-5/h5H,1-4H2,(H,11,12). The van der Waals surface area contributed by atoms with Gasteiger partial charge in [-0.15, -0.1) is 0 Å². The molecule has 0 aromatic heterocycles. The molecule has 0 saturated heterocycles. The zero-order valence-electron chi connectivity index (χ0n) is 6.86. The van der Waals surface area contributed by atoms with Crippen molar-refractivity contribution in [1.82, 2.24) is 5.32 Å². The van der Waals surface area contributed by atoms with Crippen molar-refractivity contribution in [2.45, 2.75) is 19.0 Å². The molecule has 0 unspecified atom stereocenters. The van der Waals surface area contributed by atoms with E-state index in [0.717, 1.165) is 12.8 Å². The predicted octanol–water partition coefficient (Wildman–Crippen LogP) is 1.68. The fourth-order valence-corrected chi connectivity index (χ4v) is 0.748. The number of hydrogen-bond acceptors (Lipinski definition) is 2. The summed E-state index contributed by atoms with van der Waals surface area (Å²) in [6.07, 6.45) is -3.39. The van der Waals surface area contributed by atoms with Crippen molar-refractivity contribution in [3.05, 3.63) is 0 Å². The summed E-state index contributed by atoms with van der Waals surface area (Å²) in [6, 6.07) is 0. The summed E-state index contributed by atoms with van der Waals surface area (Å²) in [5.41, 5.74) is 0. The number of rotatable bonds is 3. The van der Waals surface area contributed by atoms with Crippen molar-refractivity contribution in [3.8, 4) is 0 Å². The Labute approximate surface area is 73.2 Å². The first-order valence-electron chi connectivity index (χ1n) is 3.95. The van der Waals surface area contributed by atoms with E-state index in [9.17, 15) is 18.0 Å². The molecule has 1 saturated carbocycles. The van der Waals surface area contributed by atoms with Crippen LogP contribution in [0.25, 0.3) is 0 Å². The lowest BCUT2D eigenvalue weighted by Crippen LogP contribution is -2.30. The molecule has 76 valence electrons. The summed E-state index contributed by atoms with van der Waals surface area (Å²) in [6.45, 7) is -1.11. The molecule has 0 heterocycles. The number of halogens is 3. The van der Waals surface area contributed by atoms with Crippen LogP contribution in [0.5, 0.6) is 0 Å². The van der Waals surface area contributed by atoms with Gasteiger partial charge >= 0.3 is 12.3 Å². The first-order chi connectivity index (χ1) is 5.97. The number of hydrogen-bond donors (Lipinski definition) is 1. The van der Waals surface area contributed by atoms with E-state index in [1.54, 1.807) is 0 Å². The SMILES string of the molecule is O=C(NCC1CC1)OCC(F)(F)F. The van der Waals surface area contributed by atoms with Crippen molar-refractivity contribution in [1.29, 1.82) is 0 Å². The Balaban J connectivity index is 2.03. The monoisotopic (exact) mass is 197 g/mol. The molecule has 0 aromatic carbocycles. The fraction of sp³-hybridized carbons (Fsp3) is 0.857. The molecule has 13 heavy (non-hydrogen) atoms. The molecule has 6 heteroatoms. The zero-order chi connectivity index (χ0) is 9.90. The quantitative estimate of drug-likeness (QED) is 0.747. The molecule has 0 aromatic rings. The maximum absolute atomic E-state index is 11.5. The highest BCUT2D eigenvalue weighted by atomic mass is 19.4. The lowest BCUT2D eigenvalue weighted by molar-refractivity contribution is -0.160. The summed E-state index contributed by atoms with van der Waals surface area (Å²) in [5, 5.41) is 2.26. The molecule has 1 fully saturated rings. The molecule has 1 aliphatic carbocycles. The summed E-state index contributed by atoms with van der Waals surface area (Å²) in [7, 11) is 0. The second-order valence-corrected chi connectivity index (χ2v) is 3.02. The zero-order valence-corrected chi connectivity index (χ0v) is 6.86. The molecule has 1 aliphatic rings. The lowest BCUT2D eigenvalue weighted by Gasteiger charge is -2.08. The summed E-state index contributed by atoms with van der Waals surface area (Å²) in [5.74, 6) is 0.429. The Morgan fingerprint density at radius 1 is 1.46 bits per heavy atom. The van der Waals surface area contributed by atoms with Gasteiger partial charge < -0.3 is 10.1 Å². The maximum Gasteiger partial charge on any atom is 0.422 e. The van der Waals surface area contributed by atoms with Crippen LogP contribution in [0.3, 0.4) is 0 Å². The third-order valence-corrected chi connectivity index (χ3v) is 1.60. The number of alkyl carbamates (subject to hydrolysis) is 1. The first-order valence-corrected chi connectivity index (χ1v) is 3.95. The van der Waals surface area contributed by atoms with Gasteiger partial charge in [0, 0.05) is 6.54 Å². The minimum absolute atomic E-state index is 0.413. The van der Waals surface area contributed by atoms with E-state index < -0.39 is 18.9 Å². The van der Waals surface area contributed by atoms with Crippen LogP contribution in [0.1, 0.15) is 12.8 Å². The van der Waals surface area contributed by atoms with Gasteiger partial charge in [0.1, 0.15) is 0 Å². The number of amides is 1. The van der Waals surface area contributed by atoms with Gasteiger partial charge in [0.15, 0.2) is 6.61 Å². The van der Waals surface area contributed by atoms with Gasteiger partial charge in [0.25, 0.3) is 0 Å². The van der Waals surface area contributed by atoms with Gasteiger partial charge in [-0.2, -0.15) is 13.2 Å². The predicted molar refractivity (Wildman–Crippen MR) is 38.1 cm³/mol. The van der Waals surface area contributed by atoms with E-state index in [1.165, 1.54) is 0 Å². The lowest BCUT2D eigenvalue weighted by atomic mass is 10.4. The molecule has 0 radical (unpaired) electrons. The molecule has 0 atom stereocenters. The third kappa shape index (κ3) is 5.32. The highest BCUT2D eigenvalue weighted by Crippen LogP contribution is 2.27. The van der Waals surface area contributed by atoms with Gasteiger partial charge in [0.05, 0.1) is 0 Å². The highest BCUT2D eigenvalue weighted by Gasteiger charge is 2.30. The van der Waals surface area contributed by atoms with E-state index >= 15 is 0 Å². The second kappa shape index (κ2) is 3.85. The van der Waals surface area contributed by atoms with E-state index in [2.05, 4.69) is 10.1 Å². The van der Waals surface area contributed by atoms with Gasteiger partial charge in [0.2, 0.25) is 0 Å². The van der Waals surface area contributed by atoms with Crippen LogP contribution in [0, 0.1) is 5.92 Å². The summed E-state index contributed by atoms with van der Waals surface area (Å²) in [4.78, 5) is 10.6. The van der Waals surface area contributed by atoms with E-state index in [-0.39, 0.29) is 0 Å². The number of carbonyl (C=O) groups excluding carboxylic acids is 1. The van der Waals surface area contributed by atoms with Crippen molar-refractivity contribution < 1.29 is 22.7 Å². The minimum atomic E-state index is -4.45. The molecule has 3 nitrogen and oxygen atoms in total. The maximum atomic E-state index is 11.5. The van der Waals surface area contributed by atoms with Gasteiger partial charge in [-0.1, -0.05) is 0 Å². The van der Waals surface area contributed by atoms with Gasteiger partial charge in [-0.3, -0.25) is 0 Å². The Morgan fingerprint density at radius 3 is 2.54 bits per heavy atom. The smallest absolute Gasteiger partial charge is 0.422 e. The van der Waals surface area contributed by atoms with Gasteiger partial charge in [-0.05, 0) is 18.8 Å². The normalized spacial score (nSPS) is 16.8. The average Bonchev–Trinajstić information content (AvgIpc) is 2.78. The van der Waals surface area contributed by atoms with Crippen LogP contribution in [0.2, 0.25) is 0 Å². The number of alkyl halides is 3. The Kier molecular flexibility index (Phi) is 3.00. The van der Waals surface area contributed by atoms with Crippen LogP contribution >= 0.6 is 0 Å². The van der Waals surface area contributed by atoms with Crippen molar-refractivity contribution >= 4 is 6.09 Å². The topological polar surface area (TPSA) is 38.3 Å². The summed E-state index contributed by atoms with van der Waals surface area (Å²) >= 11 is 0. The molecule has 1 N–H and O–H groups in total. The van der Waals surface area contributed by atoms with Crippen LogP contribution in [0.15, 0.2) is 0 Å². The first kappa shape index (κ1) is 10.1. The molecule has 0 bridgehead atoms. The molecule has 1 amide bonds. The molecule has 0 spiro atoms. The summed E-state index contributed by atoms with van der Waals surface area (Å²) < 4.78 is 38.5. The highest BCUT2D eigenvalue weighted by molar-refractivity contribution is 5.67. The van der Waals surface area contributed by atoms with Crippen molar-refractivity contribution in [3.63, 3.8) is 0 Å². The Bertz CT molecular complexity index is 189. The van der Waals surface area contributed by atoms with Crippen LogP contribution in [-0.2, 0) is 4.74 Å². The number of ether oxygens (including phenoxy) is 1. The third-order valence-electron chi connectivity index (χ3n) is 1.60. The van der Waals surface area contributed by atoms with E-state index in [0.29, 0.717) is 12.5 Å². The number of carbonyl (C=O) groups is 1. The Hall–Kier alpha value is -0.940.